The molecule has 0 aliphatic heterocycles. The van der Waals surface area contributed by atoms with Crippen LogP contribution in [0.1, 0.15) is 19.5 Å². The van der Waals surface area contributed by atoms with Gasteiger partial charge in [-0.1, -0.05) is 56.3 Å². The van der Waals surface area contributed by atoms with Crippen molar-refractivity contribution >= 4 is 0 Å². The van der Waals surface area contributed by atoms with E-state index in [1.165, 1.54) is 11.1 Å². The maximum atomic E-state index is 4.65. The van der Waals surface area contributed by atoms with E-state index in [4.69, 9.17) is 0 Å². The van der Waals surface area contributed by atoms with Crippen LogP contribution in [0.2, 0.25) is 0 Å². The maximum Gasteiger partial charge on any atom is 3.00 e. The van der Waals surface area contributed by atoms with E-state index in [-0.39, 0.29) is 20.1 Å². The van der Waals surface area contributed by atoms with Crippen LogP contribution in [0.5, 0.6) is 0 Å². The molecule has 4 aromatic carbocycles. The quantitative estimate of drug-likeness (QED) is 0.178. The van der Waals surface area contributed by atoms with Crippen LogP contribution < -0.4 is 0 Å². The zero-order valence-corrected chi connectivity index (χ0v) is 22.4. The SMILES string of the molecule is CC(C)Cc1cccc(-c2[c-]cccc2)n1.[Ir+3].[c-]1ccccc1-c1[c-]ccc(-c2ccccc2)c1. The van der Waals surface area contributed by atoms with Crippen LogP contribution in [-0.2, 0) is 26.5 Å². The molecule has 1 heterocycles. The van der Waals surface area contributed by atoms with Gasteiger partial charge in [0.15, 0.2) is 0 Å². The number of aromatic nitrogens is 1. The molecule has 0 fully saturated rings. The minimum atomic E-state index is 0. The van der Waals surface area contributed by atoms with Gasteiger partial charge in [-0.05, 0) is 29.7 Å². The van der Waals surface area contributed by atoms with Crippen LogP contribution in [0.15, 0.2) is 115 Å². The van der Waals surface area contributed by atoms with Gasteiger partial charge in [0, 0.05) is 5.69 Å². The number of nitrogens with zero attached hydrogens (tertiary/aromatic N) is 1. The number of hydrogen-bond donors (Lipinski definition) is 0. The number of benzene rings is 4. The van der Waals surface area contributed by atoms with Gasteiger partial charge in [0.1, 0.15) is 0 Å². The molecule has 0 aliphatic rings. The summed E-state index contributed by atoms with van der Waals surface area (Å²) in [6.45, 7) is 4.42. The van der Waals surface area contributed by atoms with Crippen molar-refractivity contribution in [2.24, 2.45) is 5.92 Å². The second-order valence-electron chi connectivity index (χ2n) is 8.52. The molecule has 0 spiro atoms. The number of hydrogen-bond acceptors (Lipinski definition) is 1. The fourth-order valence-electron chi connectivity index (χ4n) is 3.71. The van der Waals surface area contributed by atoms with Crippen molar-refractivity contribution in [3.8, 4) is 33.5 Å². The summed E-state index contributed by atoms with van der Waals surface area (Å²) in [4.78, 5) is 4.65. The molecule has 1 aromatic heterocycles. The first-order valence-electron chi connectivity index (χ1n) is 11.7. The van der Waals surface area contributed by atoms with E-state index in [9.17, 15) is 0 Å². The Balaban J connectivity index is 0.000000192. The standard InChI is InChI=1S/C18H12.C15H16N.Ir/c1-3-8-15(9-4-1)17-12-7-13-18(14-17)16-10-5-2-6-11-16;1-12(2)11-14-9-6-10-15(16-14)13-7-4-3-5-8-13;/h1-10,12,14H;3-7,9-10,12H,11H2,1-2H3;/q-2;-1;+3. The largest absolute Gasteiger partial charge is 3.00 e. The molecule has 5 rings (SSSR count). The molecule has 174 valence electrons. The van der Waals surface area contributed by atoms with Crippen LogP contribution in [0.3, 0.4) is 0 Å². The van der Waals surface area contributed by atoms with Crippen molar-refractivity contribution in [3.63, 3.8) is 0 Å². The third kappa shape index (κ3) is 7.85. The molecule has 0 saturated carbocycles. The number of pyridine rings is 1. The van der Waals surface area contributed by atoms with Crippen LogP contribution >= 0.6 is 0 Å². The van der Waals surface area contributed by atoms with Gasteiger partial charge in [-0.15, -0.1) is 53.6 Å². The molecule has 0 aliphatic carbocycles. The van der Waals surface area contributed by atoms with Crippen molar-refractivity contribution < 1.29 is 20.1 Å². The van der Waals surface area contributed by atoms with E-state index in [0.717, 1.165) is 34.5 Å². The van der Waals surface area contributed by atoms with Gasteiger partial charge in [0.25, 0.3) is 0 Å². The van der Waals surface area contributed by atoms with Gasteiger partial charge in [-0.2, -0.15) is 42.5 Å². The van der Waals surface area contributed by atoms with Crippen molar-refractivity contribution in [1.29, 1.82) is 0 Å². The Kier molecular flexibility index (Phi) is 10.2. The van der Waals surface area contributed by atoms with E-state index in [2.05, 4.69) is 91.6 Å². The van der Waals surface area contributed by atoms with Crippen molar-refractivity contribution in [2.75, 3.05) is 0 Å². The Bertz CT molecular complexity index is 1230. The summed E-state index contributed by atoms with van der Waals surface area (Å²) in [7, 11) is 0. The average Bonchev–Trinajstić information content (AvgIpc) is 2.90. The summed E-state index contributed by atoms with van der Waals surface area (Å²) < 4.78 is 0. The van der Waals surface area contributed by atoms with E-state index in [0.29, 0.717) is 5.92 Å². The Morgan fingerprint density at radius 3 is 1.91 bits per heavy atom. The van der Waals surface area contributed by atoms with Crippen molar-refractivity contribution in [2.45, 2.75) is 20.3 Å². The minimum Gasteiger partial charge on any atom is -0.301 e. The normalized spacial score (nSPS) is 10.1. The second kappa shape index (κ2) is 13.5. The topological polar surface area (TPSA) is 12.9 Å². The third-order valence-corrected chi connectivity index (χ3v) is 5.32. The molecule has 5 aromatic rings. The van der Waals surface area contributed by atoms with Gasteiger partial charge in [-0.25, -0.2) is 11.1 Å². The molecular weight excluding hydrogens is 603 g/mol. The molecule has 0 bridgehead atoms. The monoisotopic (exact) mass is 631 g/mol. The van der Waals surface area contributed by atoms with Gasteiger partial charge in [0.05, 0.1) is 0 Å². The maximum absolute atomic E-state index is 4.65. The summed E-state index contributed by atoms with van der Waals surface area (Å²) in [5, 5.41) is 0. The molecule has 1 nitrogen and oxygen atoms in total. The molecule has 35 heavy (non-hydrogen) atoms. The summed E-state index contributed by atoms with van der Waals surface area (Å²) in [6, 6.07) is 48.4. The Hall–Kier alpha value is -3.32. The van der Waals surface area contributed by atoms with Gasteiger partial charge >= 0.3 is 20.1 Å². The molecule has 2 heteroatoms. The predicted molar refractivity (Wildman–Crippen MR) is 142 cm³/mol. The van der Waals surface area contributed by atoms with Gasteiger partial charge < -0.3 is 4.98 Å². The Labute approximate surface area is 223 Å². The first kappa shape index (κ1) is 26.3. The Morgan fingerprint density at radius 2 is 1.26 bits per heavy atom. The minimum absolute atomic E-state index is 0. The first-order valence-corrected chi connectivity index (χ1v) is 11.7. The van der Waals surface area contributed by atoms with E-state index in [1.807, 2.05) is 60.7 Å². The van der Waals surface area contributed by atoms with Crippen molar-refractivity contribution in [1.82, 2.24) is 4.98 Å². The third-order valence-electron chi connectivity index (χ3n) is 5.32. The zero-order chi connectivity index (χ0) is 23.6. The summed E-state index contributed by atoms with van der Waals surface area (Å²) in [5.41, 5.74) is 7.83. The predicted octanol–water partition coefficient (Wildman–Crippen LogP) is 8.37. The zero-order valence-electron chi connectivity index (χ0n) is 20.0. The van der Waals surface area contributed by atoms with E-state index in [1.54, 1.807) is 0 Å². The van der Waals surface area contributed by atoms with Crippen LogP contribution in [0.25, 0.3) is 33.5 Å². The smallest absolute Gasteiger partial charge is 0.301 e. The molecule has 0 unspecified atom stereocenters. The Morgan fingerprint density at radius 1 is 0.600 bits per heavy atom. The fraction of sp³-hybridized carbons (Fsp3) is 0.121. The summed E-state index contributed by atoms with van der Waals surface area (Å²) in [5.74, 6) is 0.641. The van der Waals surface area contributed by atoms with E-state index < -0.39 is 0 Å². The molecule has 0 amide bonds. The van der Waals surface area contributed by atoms with Crippen LogP contribution in [0.4, 0.5) is 0 Å². The van der Waals surface area contributed by atoms with E-state index >= 15 is 0 Å². The first-order chi connectivity index (χ1) is 16.7. The molecular formula is C33H28IrN. The second-order valence-corrected chi connectivity index (χ2v) is 8.52. The van der Waals surface area contributed by atoms with Crippen molar-refractivity contribution in [3.05, 3.63) is 139 Å². The summed E-state index contributed by atoms with van der Waals surface area (Å²) in [6.07, 6.45) is 1.03. The van der Waals surface area contributed by atoms with Gasteiger partial charge in [0.2, 0.25) is 0 Å². The molecule has 0 N–H and O–H groups in total. The molecule has 0 saturated heterocycles. The molecule has 0 atom stereocenters. The fourth-order valence-corrected chi connectivity index (χ4v) is 3.71. The van der Waals surface area contributed by atoms with Crippen LogP contribution in [-0.4, -0.2) is 4.98 Å². The molecule has 0 radical (unpaired) electrons. The average molecular weight is 631 g/mol. The van der Waals surface area contributed by atoms with Crippen LogP contribution in [0, 0.1) is 24.1 Å². The number of rotatable bonds is 5. The summed E-state index contributed by atoms with van der Waals surface area (Å²) >= 11 is 0. The van der Waals surface area contributed by atoms with Gasteiger partial charge in [-0.3, -0.25) is 0 Å².